The Morgan fingerprint density at radius 2 is 1.89 bits per heavy atom. The molecule has 0 spiro atoms. The Hall–Kier alpha value is -2.43. The van der Waals surface area contributed by atoms with Crippen LogP contribution in [0.5, 0.6) is 11.5 Å². The lowest BCUT2D eigenvalue weighted by Gasteiger charge is -2.12. The molecule has 0 bridgehead atoms. The fraction of sp³-hybridized carbons (Fsp3) is 0.368. The lowest BCUT2D eigenvalue weighted by atomic mass is 10.2. The summed E-state index contributed by atoms with van der Waals surface area (Å²) in [5, 5.41) is 8.90. The quantitative estimate of drug-likeness (QED) is 0.277. The first kappa shape index (κ1) is 23.6. The first-order valence-corrected chi connectivity index (χ1v) is 8.68. The number of benzene rings is 1. The Labute approximate surface area is 182 Å². The van der Waals surface area contributed by atoms with Crippen molar-refractivity contribution >= 4 is 35.8 Å². The Morgan fingerprint density at radius 1 is 1.11 bits per heavy atom. The summed E-state index contributed by atoms with van der Waals surface area (Å²) in [4.78, 5) is 16.4. The summed E-state index contributed by atoms with van der Waals surface area (Å²) in [5.41, 5.74) is 0.965. The van der Waals surface area contributed by atoms with E-state index in [0.717, 1.165) is 5.56 Å². The molecule has 28 heavy (non-hydrogen) atoms. The first-order chi connectivity index (χ1) is 13.2. The maximum atomic E-state index is 11.9. The Bertz CT molecular complexity index is 750. The number of furan rings is 1. The maximum absolute atomic E-state index is 11.9. The van der Waals surface area contributed by atoms with Crippen molar-refractivity contribution in [3.63, 3.8) is 0 Å². The molecule has 0 radical (unpaired) electrons. The van der Waals surface area contributed by atoms with Gasteiger partial charge in [-0.3, -0.25) is 4.79 Å². The first-order valence-electron chi connectivity index (χ1n) is 8.68. The molecule has 1 aromatic heterocycles. The normalized spacial score (nSPS) is 10.6. The molecular weight excluding hydrogens is 475 g/mol. The average Bonchev–Trinajstić information content (AvgIpc) is 3.21. The van der Waals surface area contributed by atoms with E-state index in [2.05, 4.69) is 20.9 Å². The summed E-state index contributed by atoms with van der Waals surface area (Å²) in [7, 11) is 3.19. The van der Waals surface area contributed by atoms with Gasteiger partial charge in [0.15, 0.2) is 17.5 Å². The molecule has 154 valence electrons. The fourth-order valence-electron chi connectivity index (χ4n) is 2.32. The third-order valence-electron chi connectivity index (χ3n) is 3.67. The van der Waals surface area contributed by atoms with Gasteiger partial charge in [0.2, 0.25) is 5.91 Å². The van der Waals surface area contributed by atoms with E-state index < -0.39 is 0 Å². The minimum absolute atomic E-state index is 0. The summed E-state index contributed by atoms with van der Waals surface area (Å²) in [6.45, 7) is 3.55. The van der Waals surface area contributed by atoms with Crippen molar-refractivity contribution in [2.75, 3.05) is 27.3 Å². The second-order valence-electron chi connectivity index (χ2n) is 5.59. The monoisotopic (exact) mass is 502 g/mol. The van der Waals surface area contributed by atoms with Gasteiger partial charge in [0.05, 0.1) is 40.1 Å². The number of aliphatic imine (C=N–C) groups is 1. The van der Waals surface area contributed by atoms with E-state index in [1.54, 1.807) is 26.5 Å². The fourth-order valence-corrected chi connectivity index (χ4v) is 2.32. The van der Waals surface area contributed by atoms with Crippen LogP contribution in [0.1, 0.15) is 18.2 Å². The van der Waals surface area contributed by atoms with Gasteiger partial charge < -0.3 is 29.8 Å². The number of hydrogen-bond acceptors (Lipinski definition) is 5. The van der Waals surface area contributed by atoms with Crippen LogP contribution >= 0.6 is 24.0 Å². The van der Waals surface area contributed by atoms with Crippen LogP contribution in [0.25, 0.3) is 0 Å². The van der Waals surface area contributed by atoms with Crippen molar-refractivity contribution in [2.45, 2.75) is 20.0 Å². The molecular formula is C19H27IN4O4. The predicted molar refractivity (Wildman–Crippen MR) is 118 cm³/mol. The van der Waals surface area contributed by atoms with Gasteiger partial charge in [-0.25, -0.2) is 4.99 Å². The summed E-state index contributed by atoms with van der Waals surface area (Å²) in [5.74, 6) is 2.44. The van der Waals surface area contributed by atoms with E-state index in [1.165, 1.54) is 0 Å². The molecule has 0 aliphatic heterocycles. The van der Waals surface area contributed by atoms with Crippen LogP contribution in [0.2, 0.25) is 0 Å². The highest BCUT2D eigenvalue weighted by atomic mass is 127. The molecule has 2 rings (SSSR count). The van der Waals surface area contributed by atoms with Crippen LogP contribution < -0.4 is 25.4 Å². The van der Waals surface area contributed by atoms with Gasteiger partial charge in [-0.15, -0.1) is 24.0 Å². The van der Waals surface area contributed by atoms with E-state index in [1.807, 2.05) is 31.2 Å². The number of nitrogens with zero attached hydrogens (tertiary/aromatic N) is 1. The molecule has 0 aliphatic rings. The molecule has 0 unspecified atom stereocenters. The SMILES string of the molecule is CCNC(=NCc1ccc(OC)c(OC)c1)NCC(=O)NCc1ccco1.I. The Morgan fingerprint density at radius 3 is 2.54 bits per heavy atom. The smallest absolute Gasteiger partial charge is 0.239 e. The number of carbonyl (C=O) groups excluding carboxylic acids is 1. The number of rotatable bonds is 9. The van der Waals surface area contributed by atoms with E-state index in [-0.39, 0.29) is 36.4 Å². The summed E-state index contributed by atoms with van der Waals surface area (Å²) in [6, 6.07) is 9.23. The van der Waals surface area contributed by atoms with E-state index in [0.29, 0.717) is 42.9 Å². The van der Waals surface area contributed by atoms with Crippen molar-refractivity contribution in [1.82, 2.24) is 16.0 Å². The Balaban J connectivity index is 0.00000392. The van der Waals surface area contributed by atoms with Crippen LogP contribution in [-0.4, -0.2) is 39.2 Å². The predicted octanol–water partition coefficient (Wildman–Crippen LogP) is 2.29. The zero-order chi connectivity index (χ0) is 19.5. The third kappa shape index (κ3) is 7.67. The topological polar surface area (TPSA) is 97.1 Å². The van der Waals surface area contributed by atoms with Crippen LogP contribution in [0.3, 0.4) is 0 Å². The highest BCUT2D eigenvalue weighted by molar-refractivity contribution is 14.0. The lowest BCUT2D eigenvalue weighted by Crippen LogP contribution is -2.43. The summed E-state index contributed by atoms with van der Waals surface area (Å²) >= 11 is 0. The van der Waals surface area contributed by atoms with Gasteiger partial charge in [-0.1, -0.05) is 6.07 Å². The van der Waals surface area contributed by atoms with E-state index in [4.69, 9.17) is 13.9 Å². The minimum Gasteiger partial charge on any atom is -0.493 e. The van der Waals surface area contributed by atoms with Gasteiger partial charge in [-0.05, 0) is 36.8 Å². The number of nitrogens with one attached hydrogen (secondary N) is 3. The molecule has 1 amide bonds. The highest BCUT2D eigenvalue weighted by Gasteiger charge is 2.06. The molecule has 1 heterocycles. The van der Waals surface area contributed by atoms with Gasteiger partial charge in [0.1, 0.15) is 5.76 Å². The minimum atomic E-state index is -0.150. The standard InChI is InChI=1S/C19H26N4O4.HI/c1-4-20-19(23-13-18(24)21-12-15-6-5-9-27-15)22-11-14-7-8-16(25-2)17(10-14)26-3;/h5-10H,4,11-13H2,1-3H3,(H,21,24)(H2,20,22,23);1H. The largest absolute Gasteiger partial charge is 0.493 e. The molecule has 0 saturated carbocycles. The average molecular weight is 502 g/mol. The number of carbonyl (C=O) groups is 1. The second-order valence-corrected chi connectivity index (χ2v) is 5.59. The number of methoxy groups -OCH3 is 2. The van der Waals surface area contributed by atoms with E-state index >= 15 is 0 Å². The zero-order valence-corrected chi connectivity index (χ0v) is 18.6. The molecule has 0 atom stereocenters. The molecule has 8 nitrogen and oxygen atoms in total. The number of ether oxygens (including phenoxy) is 2. The molecule has 0 aliphatic carbocycles. The molecule has 1 aromatic carbocycles. The third-order valence-corrected chi connectivity index (χ3v) is 3.67. The Kier molecular flexibility index (Phi) is 10.8. The van der Waals surface area contributed by atoms with Crippen molar-refractivity contribution in [2.24, 2.45) is 4.99 Å². The molecule has 3 N–H and O–H groups in total. The number of amides is 1. The molecule has 0 saturated heterocycles. The van der Waals surface area contributed by atoms with Crippen molar-refractivity contribution < 1.29 is 18.7 Å². The lowest BCUT2D eigenvalue weighted by molar-refractivity contribution is -0.120. The van der Waals surface area contributed by atoms with Gasteiger partial charge in [-0.2, -0.15) is 0 Å². The number of hydrogen-bond donors (Lipinski definition) is 3. The van der Waals surface area contributed by atoms with Crippen molar-refractivity contribution in [3.8, 4) is 11.5 Å². The molecule has 2 aromatic rings. The van der Waals surface area contributed by atoms with Gasteiger partial charge in [0.25, 0.3) is 0 Å². The summed E-state index contributed by atoms with van der Waals surface area (Å²) < 4.78 is 15.7. The maximum Gasteiger partial charge on any atom is 0.239 e. The van der Waals surface area contributed by atoms with Crippen LogP contribution in [0.15, 0.2) is 46.0 Å². The zero-order valence-electron chi connectivity index (χ0n) is 16.3. The van der Waals surface area contributed by atoms with Crippen molar-refractivity contribution in [3.05, 3.63) is 47.9 Å². The van der Waals surface area contributed by atoms with Crippen LogP contribution in [-0.2, 0) is 17.9 Å². The summed E-state index contributed by atoms with van der Waals surface area (Å²) in [6.07, 6.45) is 1.57. The van der Waals surface area contributed by atoms with Crippen LogP contribution in [0.4, 0.5) is 0 Å². The number of halogens is 1. The van der Waals surface area contributed by atoms with Gasteiger partial charge in [0, 0.05) is 6.54 Å². The van der Waals surface area contributed by atoms with Crippen molar-refractivity contribution in [1.29, 1.82) is 0 Å². The highest BCUT2D eigenvalue weighted by Crippen LogP contribution is 2.27. The van der Waals surface area contributed by atoms with Gasteiger partial charge >= 0.3 is 0 Å². The number of guanidine groups is 1. The van der Waals surface area contributed by atoms with Crippen LogP contribution in [0, 0.1) is 0 Å². The molecule has 9 heteroatoms. The van der Waals surface area contributed by atoms with E-state index in [9.17, 15) is 4.79 Å². The molecule has 0 fully saturated rings. The second kappa shape index (κ2) is 12.9.